The van der Waals surface area contributed by atoms with E-state index in [0.717, 1.165) is 24.2 Å². The van der Waals surface area contributed by atoms with Crippen molar-refractivity contribution in [3.8, 4) is 23.2 Å². The van der Waals surface area contributed by atoms with Crippen molar-refractivity contribution in [2.24, 2.45) is 0 Å². The first kappa shape index (κ1) is 18.7. The molecule has 1 aliphatic heterocycles. The second kappa shape index (κ2) is 8.12. The molecule has 146 valence electrons. The van der Waals surface area contributed by atoms with E-state index in [-0.39, 0.29) is 5.82 Å². The van der Waals surface area contributed by atoms with E-state index in [0.29, 0.717) is 31.3 Å². The summed E-state index contributed by atoms with van der Waals surface area (Å²) in [7, 11) is 0. The minimum Gasteiger partial charge on any atom is -0.444 e. The van der Waals surface area contributed by atoms with Crippen molar-refractivity contribution in [3.63, 3.8) is 0 Å². The number of nitriles is 1. The van der Waals surface area contributed by atoms with Crippen LogP contribution in [0.1, 0.15) is 11.1 Å². The summed E-state index contributed by atoms with van der Waals surface area (Å²) in [6.07, 6.45) is 1.42. The first-order chi connectivity index (χ1) is 14.1. The third-order valence-electron chi connectivity index (χ3n) is 4.89. The Labute approximate surface area is 167 Å². The van der Waals surface area contributed by atoms with Crippen molar-refractivity contribution in [2.45, 2.75) is 13.1 Å². The molecule has 2 heterocycles. The fourth-order valence-electron chi connectivity index (χ4n) is 3.38. The molecule has 0 saturated carbocycles. The molecule has 0 unspecified atom stereocenters. The first-order valence-electron chi connectivity index (χ1n) is 9.28. The van der Waals surface area contributed by atoms with Crippen molar-refractivity contribution in [1.82, 2.24) is 14.5 Å². The molecule has 4 rings (SSSR count). The highest BCUT2D eigenvalue weighted by atomic mass is 16.6. The zero-order chi connectivity index (χ0) is 20.2. The van der Waals surface area contributed by atoms with Gasteiger partial charge in [0.15, 0.2) is 0 Å². The molecule has 8 heteroatoms. The van der Waals surface area contributed by atoms with Crippen LogP contribution in [0.2, 0.25) is 0 Å². The second-order valence-corrected chi connectivity index (χ2v) is 6.85. The smallest absolute Gasteiger partial charge is 0.414 e. The Morgan fingerprint density at radius 2 is 1.97 bits per heavy atom. The van der Waals surface area contributed by atoms with Gasteiger partial charge in [0.2, 0.25) is 0 Å². The Morgan fingerprint density at radius 1 is 1.14 bits per heavy atom. The second-order valence-electron chi connectivity index (χ2n) is 6.85. The van der Waals surface area contributed by atoms with Crippen molar-refractivity contribution in [3.05, 3.63) is 76.0 Å². The minimum atomic E-state index is -0.506. The number of aromatic nitrogens is 2. The van der Waals surface area contributed by atoms with Crippen LogP contribution in [0.3, 0.4) is 0 Å². The molecule has 0 bridgehead atoms. The third kappa shape index (κ3) is 4.25. The molecule has 0 radical (unpaired) electrons. The number of benzene rings is 2. The molecule has 0 atom stereocenters. The van der Waals surface area contributed by atoms with Gasteiger partial charge in [-0.1, -0.05) is 30.3 Å². The van der Waals surface area contributed by atoms with Crippen LogP contribution in [0.25, 0.3) is 11.1 Å². The molecule has 0 saturated heterocycles. The third-order valence-corrected chi connectivity index (χ3v) is 4.89. The van der Waals surface area contributed by atoms with Crippen LogP contribution in [-0.2, 0) is 13.1 Å². The lowest BCUT2D eigenvalue weighted by Gasteiger charge is -2.24. The van der Waals surface area contributed by atoms with Gasteiger partial charge in [-0.3, -0.25) is 9.47 Å². The van der Waals surface area contributed by atoms with Crippen molar-refractivity contribution in [1.29, 1.82) is 5.26 Å². The van der Waals surface area contributed by atoms with E-state index in [1.807, 2.05) is 30.3 Å². The monoisotopic (exact) mass is 389 g/mol. The van der Waals surface area contributed by atoms with Crippen LogP contribution >= 0.6 is 0 Å². The molecule has 1 aliphatic rings. The molecular weight excluding hydrogens is 370 g/mol. The van der Waals surface area contributed by atoms with Gasteiger partial charge in [0, 0.05) is 31.2 Å². The van der Waals surface area contributed by atoms with Gasteiger partial charge in [-0.2, -0.15) is 5.26 Å². The van der Waals surface area contributed by atoms with Crippen LogP contribution < -0.4 is 4.74 Å². The predicted molar refractivity (Wildman–Crippen MR) is 106 cm³/mol. The number of ether oxygens (including phenoxy) is 1. The van der Waals surface area contributed by atoms with Gasteiger partial charge in [-0.05, 0) is 39.8 Å². The fourth-order valence-corrected chi connectivity index (χ4v) is 3.38. The van der Waals surface area contributed by atoms with E-state index < -0.39 is 4.92 Å². The Bertz CT molecular complexity index is 1070. The Kier molecular flexibility index (Phi) is 5.22. The van der Waals surface area contributed by atoms with Gasteiger partial charge in [-0.15, -0.1) is 0 Å². The SMILES string of the molecule is N#Cc1ccc(-c2cccc(CN3CCOc4nc([N+](=O)[O-])cn4CC3)c2)cc1. The van der Waals surface area contributed by atoms with E-state index in [1.54, 1.807) is 4.57 Å². The normalized spacial score (nSPS) is 14.2. The highest BCUT2D eigenvalue weighted by Crippen LogP contribution is 2.23. The summed E-state index contributed by atoms with van der Waals surface area (Å²) in [5.41, 5.74) is 3.98. The van der Waals surface area contributed by atoms with Crippen LogP contribution in [0.5, 0.6) is 6.01 Å². The van der Waals surface area contributed by atoms with E-state index in [9.17, 15) is 10.1 Å². The maximum atomic E-state index is 10.9. The Balaban J connectivity index is 1.46. The molecule has 0 spiro atoms. The number of hydrogen-bond donors (Lipinski definition) is 0. The molecule has 29 heavy (non-hydrogen) atoms. The van der Waals surface area contributed by atoms with Crippen molar-refractivity contribution >= 4 is 5.82 Å². The molecule has 0 amide bonds. The average Bonchev–Trinajstić information content (AvgIpc) is 3.13. The van der Waals surface area contributed by atoms with Crippen LogP contribution in [0.15, 0.2) is 54.7 Å². The fraction of sp³-hybridized carbons (Fsp3) is 0.238. The molecule has 2 aromatic carbocycles. The largest absolute Gasteiger partial charge is 0.444 e. The van der Waals surface area contributed by atoms with Gasteiger partial charge in [0.1, 0.15) is 12.8 Å². The number of nitro groups is 1. The summed E-state index contributed by atoms with van der Waals surface area (Å²) < 4.78 is 7.31. The Hall–Kier alpha value is -3.70. The standard InChI is InChI=1S/C21H19N5O3/c22-13-16-4-6-18(7-5-16)19-3-1-2-17(12-19)14-24-8-9-25-15-20(26(27)28)23-21(25)29-11-10-24/h1-7,12,15H,8-11,14H2. The van der Waals surface area contributed by atoms with Crippen molar-refractivity contribution in [2.75, 3.05) is 19.7 Å². The number of rotatable bonds is 4. The van der Waals surface area contributed by atoms with E-state index >= 15 is 0 Å². The van der Waals surface area contributed by atoms with Gasteiger partial charge in [0.25, 0.3) is 0 Å². The van der Waals surface area contributed by atoms with Crippen LogP contribution in [0, 0.1) is 21.4 Å². The summed E-state index contributed by atoms with van der Waals surface area (Å²) >= 11 is 0. The number of imidazole rings is 1. The average molecular weight is 389 g/mol. The summed E-state index contributed by atoms with van der Waals surface area (Å²) in [5, 5.41) is 19.9. The van der Waals surface area contributed by atoms with Gasteiger partial charge in [-0.25, -0.2) is 0 Å². The highest BCUT2D eigenvalue weighted by Gasteiger charge is 2.22. The quantitative estimate of drug-likeness (QED) is 0.502. The molecule has 0 N–H and O–H groups in total. The summed E-state index contributed by atoms with van der Waals surface area (Å²) in [5.74, 6) is -0.191. The van der Waals surface area contributed by atoms with Crippen LogP contribution in [-0.4, -0.2) is 39.1 Å². The maximum absolute atomic E-state index is 10.9. The maximum Gasteiger partial charge on any atom is 0.414 e. The predicted octanol–water partition coefficient (Wildman–Crippen LogP) is 3.22. The number of fused-ring (bicyclic) bond motifs is 1. The molecule has 3 aromatic rings. The zero-order valence-electron chi connectivity index (χ0n) is 15.7. The molecule has 8 nitrogen and oxygen atoms in total. The van der Waals surface area contributed by atoms with E-state index in [2.05, 4.69) is 34.2 Å². The minimum absolute atomic E-state index is 0.191. The highest BCUT2D eigenvalue weighted by molar-refractivity contribution is 5.65. The number of nitrogens with zero attached hydrogens (tertiary/aromatic N) is 5. The van der Waals surface area contributed by atoms with Crippen molar-refractivity contribution < 1.29 is 9.66 Å². The van der Waals surface area contributed by atoms with Gasteiger partial charge < -0.3 is 14.9 Å². The topological polar surface area (TPSA) is 97.2 Å². The first-order valence-corrected chi connectivity index (χ1v) is 9.28. The molecule has 0 fully saturated rings. The summed E-state index contributed by atoms with van der Waals surface area (Å²) in [6.45, 7) is 3.20. The summed E-state index contributed by atoms with van der Waals surface area (Å²) in [4.78, 5) is 16.6. The molecule has 0 aliphatic carbocycles. The van der Waals surface area contributed by atoms with E-state index in [1.165, 1.54) is 11.8 Å². The van der Waals surface area contributed by atoms with Gasteiger partial charge in [0.05, 0.1) is 11.6 Å². The lowest BCUT2D eigenvalue weighted by molar-refractivity contribution is -0.389. The van der Waals surface area contributed by atoms with Crippen LogP contribution in [0.4, 0.5) is 5.82 Å². The lowest BCUT2D eigenvalue weighted by atomic mass is 10.0. The Morgan fingerprint density at radius 3 is 2.72 bits per heavy atom. The molecular formula is C21H19N5O3. The zero-order valence-corrected chi connectivity index (χ0v) is 15.7. The van der Waals surface area contributed by atoms with Gasteiger partial charge >= 0.3 is 11.8 Å². The lowest BCUT2D eigenvalue weighted by Crippen LogP contribution is -2.33. The summed E-state index contributed by atoms with van der Waals surface area (Å²) in [6, 6.07) is 18.3. The molecule has 1 aromatic heterocycles. The number of hydrogen-bond acceptors (Lipinski definition) is 6. The van der Waals surface area contributed by atoms with E-state index in [4.69, 9.17) is 10.00 Å².